The van der Waals surface area contributed by atoms with Gasteiger partial charge in [-0.3, -0.25) is 9.59 Å². The van der Waals surface area contributed by atoms with Crippen LogP contribution in [0.2, 0.25) is 0 Å². The summed E-state index contributed by atoms with van der Waals surface area (Å²) in [6, 6.07) is 6.90. The van der Waals surface area contributed by atoms with E-state index >= 15 is 0 Å². The van der Waals surface area contributed by atoms with Crippen molar-refractivity contribution in [2.75, 3.05) is 20.2 Å². The summed E-state index contributed by atoms with van der Waals surface area (Å²) in [5.74, 6) is 0.328. The summed E-state index contributed by atoms with van der Waals surface area (Å²) in [7, 11) is 1.60. The van der Waals surface area contributed by atoms with Gasteiger partial charge in [-0.05, 0) is 53.8 Å². The Labute approximate surface area is 168 Å². The van der Waals surface area contributed by atoms with Crippen LogP contribution in [-0.2, 0) is 16.0 Å². The molecule has 1 unspecified atom stereocenters. The molecule has 1 aromatic carbocycles. The molecule has 1 N–H and O–H groups in total. The minimum atomic E-state index is -0.814. The molecule has 9 heteroatoms. The number of tetrazole rings is 1. The SMILES string of the molecule is COc1cccc(CC(C(=O)N2C[C@@H]3CCC[C@@]3(C(=O)O)C2)n2nnnc2C)c1. The predicted molar refractivity (Wildman–Crippen MR) is 102 cm³/mol. The Balaban J connectivity index is 1.62. The summed E-state index contributed by atoms with van der Waals surface area (Å²) in [5.41, 5.74) is 0.108. The molecule has 2 heterocycles. The van der Waals surface area contributed by atoms with Crippen LogP contribution in [0.15, 0.2) is 24.3 Å². The summed E-state index contributed by atoms with van der Waals surface area (Å²) >= 11 is 0. The third-order valence-electron chi connectivity index (χ3n) is 6.41. The number of carbonyl (C=O) groups excluding carboxylic acids is 1. The number of hydrogen-bond acceptors (Lipinski definition) is 6. The van der Waals surface area contributed by atoms with Gasteiger partial charge in [0, 0.05) is 19.5 Å². The van der Waals surface area contributed by atoms with Gasteiger partial charge in [-0.1, -0.05) is 18.6 Å². The molecule has 1 aromatic heterocycles. The van der Waals surface area contributed by atoms with Gasteiger partial charge in [-0.15, -0.1) is 5.10 Å². The first-order valence-electron chi connectivity index (χ1n) is 9.84. The highest BCUT2D eigenvalue weighted by Gasteiger charge is 2.56. The van der Waals surface area contributed by atoms with Crippen molar-refractivity contribution in [3.63, 3.8) is 0 Å². The second-order valence-corrected chi connectivity index (χ2v) is 8.01. The average molecular weight is 399 g/mol. The fraction of sp³-hybridized carbons (Fsp3) is 0.550. The first-order chi connectivity index (χ1) is 13.9. The zero-order valence-electron chi connectivity index (χ0n) is 16.6. The van der Waals surface area contributed by atoms with Crippen LogP contribution < -0.4 is 4.74 Å². The number of aliphatic carboxylic acids is 1. The maximum atomic E-state index is 13.5. The maximum absolute atomic E-state index is 13.5. The van der Waals surface area contributed by atoms with E-state index in [1.807, 2.05) is 24.3 Å². The minimum Gasteiger partial charge on any atom is -0.497 e. The molecule has 2 aromatic rings. The highest BCUT2D eigenvalue weighted by atomic mass is 16.5. The van der Waals surface area contributed by atoms with Crippen LogP contribution in [0.25, 0.3) is 0 Å². The second-order valence-electron chi connectivity index (χ2n) is 8.01. The van der Waals surface area contributed by atoms with Crippen LogP contribution in [0, 0.1) is 18.3 Å². The molecular weight excluding hydrogens is 374 g/mol. The molecule has 1 aliphatic carbocycles. The molecule has 9 nitrogen and oxygen atoms in total. The summed E-state index contributed by atoms with van der Waals surface area (Å²) in [6.07, 6.45) is 2.77. The Morgan fingerprint density at radius 3 is 2.90 bits per heavy atom. The number of amides is 1. The fourth-order valence-electron chi connectivity index (χ4n) is 4.84. The number of ether oxygens (including phenoxy) is 1. The van der Waals surface area contributed by atoms with Crippen molar-refractivity contribution in [3.05, 3.63) is 35.7 Å². The molecule has 1 saturated heterocycles. The van der Waals surface area contributed by atoms with Crippen LogP contribution in [0.5, 0.6) is 5.75 Å². The van der Waals surface area contributed by atoms with Crippen LogP contribution >= 0.6 is 0 Å². The highest BCUT2D eigenvalue weighted by Crippen LogP contribution is 2.49. The van der Waals surface area contributed by atoms with Gasteiger partial charge >= 0.3 is 5.97 Å². The Kier molecular flexibility index (Phi) is 4.97. The average Bonchev–Trinajstić information content (AvgIpc) is 3.40. The molecule has 2 aliphatic rings. The number of nitrogens with zero attached hydrogens (tertiary/aromatic N) is 5. The summed E-state index contributed by atoms with van der Waals surface area (Å²) in [4.78, 5) is 27.2. The standard InChI is InChI=1S/C20H25N5O4/c1-13-21-22-23-25(13)17(10-14-5-3-7-16(9-14)29-2)18(26)24-11-15-6-4-8-20(15,12-24)19(27)28/h3,5,7,9,15,17H,4,6,8,10-12H2,1-2H3,(H,27,28)/t15-,17?,20+/m0/s1. The van der Waals surface area contributed by atoms with Crippen molar-refractivity contribution >= 4 is 11.9 Å². The molecule has 1 amide bonds. The lowest BCUT2D eigenvalue weighted by atomic mass is 9.81. The summed E-state index contributed by atoms with van der Waals surface area (Å²) in [6.45, 7) is 2.48. The smallest absolute Gasteiger partial charge is 0.311 e. The van der Waals surface area contributed by atoms with Gasteiger partial charge in [-0.2, -0.15) is 0 Å². The quantitative estimate of drug-likeness (QED) is 0.783. The zero-order chi connectivity index (χ0) is 20.6. The third kappa shape index (κ3) is 3.34. The van der Waals surface area contributed by atoms with Crippen molar-refractivity contribution in [1.29, 1.82) is 0 Å². The van der Waals surface area contributed by atoms with Gasteiger partial charge in [-0.25, -0.2) is 4.68 Å². The summed E-state index contributed by atoms with van der Waals surface area (Å²) < 4.78 is 6.82. The number of fused-ring (bicyclic) bond motifs is 1. The normalized spacial score (nSPS) is 24.3. The van der Waals surface area contributed by atoms with E-state index in [0.29, 0.717) is 31.0 Å². The predicted octanol–water partition coefficient (Wildman–Crippen LogP) is 1.49. The van der Waals surface area contributed by atoms with Gasteiger partial charge in [0.2, 0.25) is 5.91 Å². The maximum Gasteiger partial charge on any atom is 0.311 e. The lowest BCUT2D eigenvalue weighted by molar-refractivity contribution is -0.149. The van der Waals surface area contributed by atoms with Gasteiger partial charge in [0.05, 0.1) is 12.5 Å². The molecule has 1 saturated carbocycles. The van der Waals surface area contributed by atoms with Gasteiger partial charge in [0.25, 0.3) is 0 Å². The molecule has 29 heavy (non-hydrogen) atoms. The topological polar surface area (TPSA) is 110 Å². The van der Waals surface area contributed by atoms with Crippen LogP contribution in [0.3, 0.4) is 0 Å². The Morgan fingerprint density at radius 2 is 2.24 bits per heavy atom. The fourth-order valence-corrected chi connectivity index (χ4v) is 4.84. The lowest BCUT2D eigenvalue weighted by Gasteiger charge is -2.26. The molecule has 2 fully saturated rings. The number of hydrogen-bond donors (Lipinski definition) is 1. The van der Waals surface area contributed by atoms with Crippen molar-refractivity contribution < 1.29 is 19.4 Å². The number of methoxy groups -OCH3 is 1. The van der Waals surface area contributed by atoms with Crippen molar-refractivity contribution in [1.82, 2.24) is 25.1 Å². The number of carbonyl (C=O) groups is 2. The first kappa shape index (κ1) is 19.4. The van der Waals surface area contributed by atoms with E-state index < -0.39 is 17.4 Å². The van der Waals surface area contributed by atoms with E-state index in [4.69, 9.17) is 4.74 Å². The Bertz CT molecular complexity index is 929. The number of carboxylic acid groups (broad SMARTS) is 1. The number of carboxylic acids is 1. The highest BCUT2D eigenvalue weighted by molar-refractivity contribution is 5.84. The molecule has 0 radical (unpaired) electrons. The molecule has 0 spiro atoms. The molecule has 4 rings (SSSR count). The van der Waals surface area contributed by atoms with Crippen LogP contribution in [0.1, 0.15) is 36.7 Å². The molecule has 0 bridgehead atoms. The number of benzene rings is 1. The second kappa shape index (κ2) is 7.46. The molecule has 1 aliphatic heterocycles. The molecule has 154 valence electrons. The third-order valence-corrected chi connectivity index (χ3v) is 6.41. The van der Waals surface area contributed by atoms with E-state index in [9.17, 15) is 14.7 Å². The van der Waals surface area contributed by atoms with E-state index in [0.717, 1.165) is 18.4 Å². The van der Waals surface area contributed by atoms with Crippen LogP contribution in [-0.4, -0.2) is 62.3 Å². The van der Waals surface area contributed by atoms with Crippen molar-refractivity contribution in [2.24, 2.45) is 11.3 Å². The zero-order valence-corrected chi connectivity index (χ0v) is 16.6. The number of likely N-dealkylation sites (tertiary alicyclic amines) is 1. The van der Waals surface area contributed by atoms with E-state index in [2.05, 4.69) is 15.5 Å². The van der Waals surface area contributed by atoms with Gasteiger partial charge < -0.3 is 14.7 Å². The van der Waals surface area contributed by atoms with Gasteiger partial charge in [0.1, 0.15) is 17.6 Å². The Morgan fingerprint density at radius 1 is 1.41 bits per heavy atom. The molecular formula is C20H25N5O4. The van der Waals surface area contributed by atoms with Crippen molar-refractivity contribution in [2.45, 2.75) is 38.6 Å². The monoisotopic (exact) mass is 399 g/mol. The summed E-state index contributed by atoms with van der Waals surface area (Å²) in [5, 5.41) is 21.5. The number of aromatic nitrogens is 4. The van der Waals surface area contributed by atoms with Gasteiger partial charge in [0.15, 0.2) is 0 Å². The molecule has 3 atom stereocenters. The lowest BCUT2D eigenvalue weighted by Crippen LogP contribution is -2.41. The van der Waals surface area contributed by atoms with Crippen LogP contribution in [0.4, 0.5) is 0 Å². The number of aryl methyl sites for hydroxylation is 1. The minimum absolute atomic E-state index is 0.0105. The Hall–Kier alpha value is -2.97. The van der Waals surface area contributed by atoms with E-state index in [-0.39, 0.29) is 18.4 Å². The van der Waals surface area contributed by atoms with E-state index in [1.54, 1.807) is 18.9 Å². The largest absolute Gasteiger partial charge is 0.497 e. The van der Waals surface area contributed by atoms with E-state index in [1.165, 1.54) is 4.68 Å². The number of rotatable bonds is 6. The first-order valence-corrected chi connectivity index (χ1v) is 9.84. The van der Waals surface area contributed by atoms with Crippen molar-refractivity contribution in [3.8, 4) is 5.75 Å².